The molecule has 0 saturated carbocycles. The first-order valence-electron chi connectivity index (χ1n) is 6.17. The van der Waals surface area contributed by atoms with Crippen LogP contribution in [0, 0.1) is 13.8 Å². The maximum Gasteiger partial charge on any atom is 0.394 e. The smallest absolute Gasteiger partial charge is 0.394 e. The molecule has 0 aliphatic heterocycles. The van der Waals surface area contributed by atoms with Gasteiger partial charge in [0.05, 0.1) is 6.61 Å². The maximum atomic E-state index is 11.5. The molecule has 18 heavy (non-hydrogen) atoms. The molecule has 0 radical (unpaired) electrons. The maximum absolute atomic E-state index is 11.5. The molecule has 0 fully saturated rings. The molecule has 0 bridgehead atoms. The number of benzene rings is 1. The fourth-order valence-corrected chi connectivity index (χ4v) is 1.54. The molecule has 0 aliphatic rings. The topological polar surface area (TPSA) is 52.3 Å². The van der Waals surface area contributed by atoms with E-state index in [-0.39, 0.29) is 5.89 Å². The third-order valence-electron chi connectivity index (χ3n) is 2.39. The molecule has 0 unspecified atom stereocenters. The molecule has 4 nitrogen and oxygen atoms in total. The largest absolute Gasteiger partial charge is 0.459 e. The Hall–Kier alpha value is -1.84. The summed E-state index contributed by atoms with van der Waals surface area (Å²) in [5, 5.41) is 0. The summed E-state index contributed by atoms with van der Waals surface area (Å²) in [7, 11) is 0. The summed E-state index contributed by atoms with van der Waals surface area (Å²) in [5.74, 6) is -0.494. The number of carbonyl (C=O) groups excluding carboxylic acids is 1. The minimum absolute atomic E-state index is 0.0225. The van der Waals surface area contributed by atoms with Gasteiger partial charge in [-0.15, -0.1) is 0 Å². The van der Waals surface area contributed by atoms with Crippen molar-refractivity contribution < 1.29 is 13.9 Å². The molecule has 0 saturated heterocycles. The lowest BCUT2D eigenvalue weighted by molar-refractivity contribution is 0.0483. The van der Waals surface area contributed by atoms with E-state index in [2.05, 4.69) is 4.98 Å². The first-order valence-corrected chi connectivity index (χ1v) is 6.17. The third-order valence-corrected chi connectivity index (χ3v) is 2.39. The lowest BCUT2D eigenvalue weighted by atomic mass is 10.1. The van der Waals surface area contributed by atoms with Gasteiger partial charge in [-0.2, -0.15) is 0 Å². The number of aryl methyl sites for hydroxylation is 2. The number of aromatic nitrogens is 1. The quantitative estimate of drug-likeness (QED) is 0.762. The van der Waals surface area contributed by atoms with Crippen molar-refractivity contribution in [2.75, 3.05) is 6.61 Å². The number of hydrogen-bond donors (Lipinski definition) is 0. The molecule has 98 valence electrons. The van der Waals surface area contributed by atoms with Crippen LogP contribution in [0.3, 0.4) is 0 Å². The molecule has 0 aliphatic carbocycles. The Labute approximate surface area is 107 Å². The van der Waals surface area contributed by atoms with E-state index in [1.807, 2.05) is 39.8 Å². The summed E-state index contributed by atoms with van der Waals surface area (Å²) < 4.78 is 10.3. The average Bonchev–Trinajstić information content (AvgIpc) is 2.83. The summed E-state index contributed by atoms with van der Waals surface area (Å²) in [6, 6.07) is 3.90. The van der Waals surface area contributed by atoms with E-state index in [4.69, 9.17) is 9.15 Å². The van der Waals surface area contributed by atoms with Gasteiger partial charge in [0.1, 0.15) is 5.52 Å². The molecule has 0 spiro atoms. The van der Waals surface area contributed by atoms with E-state index in [0.717, 1.165) is 16.6 Å². The second-order valence-electron chi connectivity index (χ2n) is 3.62. The van der Waals surface area contributed by atoms with Crippen molar-refractivity contribution in [3.63, 3.8) is 0 Å². The lowest BCUT2D eigenvalue weighted by Crippen LogP contribution is -2.04. The van der Waals surface area contributed by atoms with Gasteiger partial charge in [0.25, 0.3) is 0 Å². The lowest BCUT2D eigenvalue weighted by Gasteiger charge is -1.95. The van der Waals surface area contributed by atoms with E-state index in [0.29, 0.717) is 12.2 Å². The van der Waals surface area contributed by atoms with Gasteiger partial charge >= 0.3 is 11.9 Å². The monoisotopic (exact) mass is 249 g/mol. The van der Waals surface area contributed by atoms with Crippen molar-refractivity contribution in [3.05, 3.63) is 29.2 Å². The van der Waals surface area contributed by atoms with Crippen molar-refractivity contribution in [2.24, 2.45) is 0 Å². The first-order chi connectivity index (χ1) is 8.63. The summed E-state index contributed by atoms with van der Waals surface area (Å²) >= 11 is 0. The highest BCUT2D eigenvalue weighted by Crippen LogP contribution is 2.23. The molecular formula is C14H19NO3. The summed E-state index contributed by atoms with van der Waals surface area (Å²) in [5.41, 5.74) is 3.33. The summed E-state index contributed by atoms with van der Waals surface area (Å²) in [6.45, 7) is 9.91. The number of hydrogen-bond acceptors (Lipinski definition) is 4. The summed E-state index contributed by atoms with van der Waals surface area (Å²) in [6.07, 6.45) is 0. The van der Waals surface area contributed by atoms with E-state index in [1.54, 1.807) is 6.92 Å². The number of rotatable bonds is 2. The molecule has 1 aromatic heterocycles. The molecule has 0 amide bonds. The Kier molecular flexibility index (Phi) is 4.89. The fraction of sp³-hybridized carbons (Fsp3) is 0.429. The van der Waals surface area contributed by atoms with E-state index < -0.39 is 5.97 Å². The Morgan fingerprint density at radius 1 is 1.28 bits per heavy atom. The number of nitrogens with zero attached hydrogens (tertiary/aromatic N) is 1. The van der Waals surface area contributed by atoms with E-state index in [9.17, 15) is 4.79 Å². The molecule has 2 aromatic rings. The molecule has 0 atom stereocenters. The van der Waals surface area contributed by atoms with Gasteiger partial charge < -0.3 is 9.15 Å². The van der Waals surface area contributed by atoms with Gasteiger partial charge in [0.15, 0.2) is 5.58 Å². The predicted molar refractivity (Wildman–Crippen MR) is 70.8 cm³/mol. The Morgan fingerprint density at radius 3 is 2.44 bits per heavy atom. The minimum Gasteiger partial charge on any atom is -0.459 e. The minimum atomic E-state index is -0.516. The highest BCUT2D eigenvalue weighted by molar-refractivity contribution is 5.89. The Morgan fingerprint density at radius 2 is 1.89 bits per heavy atom. The van der Waals surface area contributed by atoms with Crippen LogP contribution in [0.15, 0.2) is 16.5 Å². The van der Waals surface area contributed by atoms with Crippen molar-refractivity contribution in [3.8, 4) is 0 Å². The number of oxazole rings is 1. The highest BCUT2D eigenvalue weighted by Gasteiger charge is 2.17. The standard InChI is InChI=1S/C12H13NO3.C2H6/c1-4-15-12(14)11-13-9-7(2)5-6-8(3)10(9)16-11;1-2/h5-6H,4H2,1-3H3;1-2H3. The van der Waals surface area contributed by atoms with Gasteiger partial charge in [0, 0.05) is 0 Å². The zero-order valence-electron chi connectivity index (χ0n) is 11.5. The van der Waals surface area contributed by atoms with Crippen LogP contribution in [0.25, 0.3) is 11.1 Å². The van der Waals surface area contributed by atoms with Crippen LogP contribution < -0.4 is 0 Å². The SMILES string of the molecule is CC.CCOC(=O)c1nc2c(C)ccc(C)c2o1. The van der Waals surface area contributed by atoms with Crippen LogP contribution >= 0.6 is 0 Å². The molecule has 2 rings (SSSR count). The molecular weight excluding hydrogens is 230 g/mol. The molecule has 0 N–H and O–H groups in total. The molecule has 4 heteroatoms. The van der Waals surface area contributed by atoms with Crippen LogP contribution in [0.2, 0.25) is 0 Å². The normalized spacial score (nSPS) is 9.83. The number of fused-ring (bicyclic) bond motifs is 1. The fourth-order valence-electron chi connectivity index (χ4n) is 1.54. The van der Waals surface area contributed by atoms with Crippen LogP contribution in [-0.2, 0) is 4.74 Å². The highest BCUT2D eigenvalue weighted by atomic mass is 16.5. The Bertz CT molecular complexity index is 504. The second-order valence-corrected chi connectivity index (χ2v) is 3.62. The molecule has 1 aromatic carbocycles. The van der Waals surface area contributed by atoms with E-state index >= 15 is 0 Å². The summed E-state index contributed by atoms with van der Waals surface area (Å²) in [4.78, 5) is 15.6. The van der Waals surface area contributed by atoms with Crippen molar-refractivity contribution in [1.82, 2.24) is 4.98 Å². The first kappa shape index (κ1) is 14.2. The van der Waals surface area contributed by atoms with Crippen molar-refractivity contribution in [1.29, 1.82) is 0 Å². The number of esters is 1. The van der Waals surface area contributed by atoms with E-state index in [1.165, 1.54) is 0 Å². The van der Waals surface area contributed by atoms with Gasteiger partial charge in [-0.25, -0.2) is 9.78 Å². The van der Waals surface area contributed by atoms with Gasteiger partial charge in [-0.1, -0.05) is 26.0 Å². The van der Waals surface area contributed by atoms with Crippen molar-refractivity contribution in [2.45, 2.75) is 34.6 Å². The van der Waals surface area contributed by atoms with Crippen LogP contribution in [0.4, 0.5) is 0 Å². The van der Waals surface area contributed by atoms with Gasteiger partial charge in [-0.05, 0) is 31.9 Å². The number of carbonyl (C=O) groups is 1. The van der Waals surface area contributed by atoms with Crippen LogP contribution in [-0.4, -0.2) is 17.6 Å². The second kappa shape index (κ2) is 6.19. The Balaban J connectivity index is 0.000000771. The van der Waals surface area contributed by atoms with Gasteiger partial charge in [0.2, 0.25) is 0 Å². The third kappa shape index (κ3) is 2.70. The zero-order valence-corrected chi connectivity index (χ0v) is 11.5. The van der Waals surface area contributed by atoms with Crippen LogP contribution in [0.1, 0.15) is 42.6 Å². The predicted octanol–water partition coefficient (Wildman–Crippen LogP) is 3.65. The van der Waals surface area contributed by atoms with Crippen molar-refractivity contribution >= 4 is 17.1 Å². The number of ether oxygens (including phenoxy) is 1. The zero-order chi connectivity index (χ0) is 13.7. The molecule has 1 heterocycles. The average molecular weight is 249 g/mol. The van der Waals surface area contributed by atoms with Crippen LogP contribution in [0.5, 0.6) is 0 Å². The van der Waals surface area contributed by atoms with Gasteiger partial charge in [-0.3, -0.25) is 0 Å².